The van der Waals surface area contributed by atoms with Crippen molar-refractivity contribution in [2.75, 3.05) is 42.6 Å². The van der Waals surface area contributed by atoms with Gasteiger partial charge >= 0.3 is 0 Å². The van der Waals surface area contributed by atoms with Crippen molar-refractivity contribution in [3.63, 3.8) is 0 Å². The molecule has 1 saturated heterocycles. The molecule has 1 amide bonds. The fourth-order valence-corrected chi connectivity index (χ4v) is 3.26. The number of carbonyl (C=O) groups is 1. The van der Waals surface area contributed by atoms with Crippen LogP contribution in [0.5, 0.6) is 0 Å². The molecule has 23 heavy (non-hydrogen) atoms. The maximum Gasteiger partial charge on any atom is 0.259 e. The van der Waals surface area contributed by atoms with Gasteiger partial charge in [0.25, 0.3) is 5.91 Å². The van der Waals surface area contributed by atoms with Gasteiger partial charge < -0.3 is 14.5 Å². The molecule has 0 saturated carbocycles. The third kappa shape index (κ3) is 2.68. The number of benzene rings is 1. The molecule has 1 aromatic carbocycles. The minimum absolute atomic E-state index is 0.0240. The number of aromatic nitrogens is 1. The molecule has 0 bridgehead atoms. The number of rotatable bonds is 2. The summed E-state index contributed by atoms with van der Waals surface area (Å²) in [6, 6.07) is 10.0. The minimum atomic E-state index is 0.0240. The topological polar surface area (TPSA) is 45.7 Å². The van der Waals surface area contributed by atoms with E-state index in [1.807, 2.05) is 11.0 Å². The van der Waals surface area contributed by atoms with Gasteiger partial charge in [-0.3, -0.25) is 9.78 Å². The van der Waals surface area contributed by atoms with Gasteiger partial charge in [-0.25, -0.2) is 0 Å². The number of fused-ring (bicyclic) bond motifs is 1. The fourth-order valence-electron chi connectivity index (χ4n) is 3.26. The van der Waals surface area contributed by atoms with E-state index in [-0.39, 0.29) is 5.91 Å². The van der Waals surface area contributed by atoms with E-state index in [9.17, 15) is 4.79 Å². The predicted octanol–water partition coefficient (Wildman–Crippen LogP) is 2.12. The van der Waals surface area contributed by atoms with E-state index in [2.05, 4.69) is 28.1 Å². The van der Waals surface area contributed by atoms with Crippen LogP contribution in [0.4, 0.5) is 11.4 Å². The van der Waals surface area contributed by atoms with E-state index in [0.717, 1.165) is 45.0 Å². The summed E-state index contributed by atoms with van der Waals surface area (Å²) >= 11 is 0. The van der Waals surface area contributed by atoms with E-state index in [1.165, 1.54) is 11.3 Å². The Kier molecular flexibility index (Phi) is 3.71. The van der Waals surface area contributed by atoms with Crippen molar-refractivity contribution in [2.24, 2.45) is 0 Å². The van der Waals surface area contributed by atoms with E-state index >= 15 is 0 Å². The number of carbonyl (C=O) groups excluding carboxylic acids is 1. The highest BCUT2D eigenvalue weighted by Crippen LogP contribution is 2.32. The van der Waals surface area contributed by atoms with Crippen molar-refractivity contribution in [1.29, 1.82) is 0 Å². The number of hydrogen-bond donors (Lipinski definition) is 0. The maximum absolute atomic E-state index is 12.7. The fraction of sp³-hybridized carbons (Fsp3) is 0.333. The molecule has 5 nitrogen and oxygen atoms in total. The van der Waals surface area contributed by atoms with Crippen LogP contribution in [-0.2, 0) is 11.2 Å². The van der Waals surface area contributed by atoms with Gasteiger partial charge in [0.1, 0.15) is 0 Å². The third-order valence-corrected chi connectivity index (χ3v) is 4.49. The Labute approximate surface area is 135 Å². The smallest absolute Gasteiger partial charge is 0.259 e. The summed E-state index contributed by atoms with van der Waals surface area (Å²) in [5, 5.41) is 0. The van der Waals surface area contributed by atoms with Crippen LogP contribution >= 0.6 is 0 Å². The van der Waals surface area contributed by atoms with Gasteiger partial charge in [-0.2, -0.15) is 0 Å². The molecular formula is C18H19N3O2. The number of ether oxygens (including phenoxy) is 1. The Morgan fingerprint density at radius 3 is 2.78 bits per heavy atom. The number of morpholine rings is 1. The number of nitrogens with zero attached hydrogens (tertiary/aromatic N) is 3. The first-order valence-electron chi connectivity index (χ1n) is 8.00. The minimum Gasteiger partial charge on any atom is -0.378 e. The lowest BCUT2D eigenvalue weighted by atomic mass is 10.1. The number of amides is 1. The summed E-state index contributed by atoms with van der Waals surface area (Å²) < 4.78 is 5.41. The lowest BCUT2D eigenvalue weighted by molar-refractivity contribution is 0.0989. The van der Waals surface area contributed by atoms with Crippen LogP contribution in [0.15, 0.2) is 42.7 Å². The zero-order valence-electron chi connectivity index (χ0n) is 12.9. The molecule has 0 N–H and O–H groups in total. The molecule has 3 heterocycles. The second kappa shape index (κ2) is 6.01. The molecule has 0 aliphatic carbocycles. The Morgan fingerprint density at radius 2 is 2.00 bits per heavy atom. The lowest BCUT2D eigenvalue weighted by Crippen LogP contribution is -2.36. The number of pyridine rings is 1. The molecule has 0 spiro atoms. The zero-order valence-corrected chi connectivity index (χ0v) is 12.9. The van der Waals surface area contributed by atoms with Crippen LogP contribution < -0.4 is 9.80 Å². The molecule has 2 aliphatic rings. The molecule has 4 rings (SSSR count). The van der Waals surface area contributed by atoms with E-state index in [0.29, 0.717) is 5.56 Å². The van der Waals surface area contributed by atoms with Gasteiger partial charge in [-0.05, 0) is 42.3 Å². The van der Waals surface area contributed by atoms with Gasteiger partial charge in [0.15, 0.2) is 0 Å². The second-order valence-corrected chi connectivity index (χ2v) is 5.86. The summed E-state index contributed by atoms with van der Waals surface area (Å²) in [6.07, 6.45) is 4.21. The highest BCUT2D eigenvalue weighted by atomic mass is 16.5. The molecule has 2 aliphatic heterocycles. The first-order chi connectivity index (χ1) is 11.3. The average Bonchev–Trinajstić information content (AvgIpc) is 3.05. The van der Waals surface area contributed by atoms with Gasteiger partial charge in [0.2, 0.25) is 0 Å². The molecular weight excluding hydrogens is 290 g/mol. The number of anilines is 2. The predicted molar refractivity (Wildman–Crippen MR) is 89.1 cm³/mol. The lowest BCUT2D eigenvalue weighted by Gasteiger charge is -2.29. The monoisotopic (exact) mass is 309 g/mol. The van der Waals surface area contributed by atoms with E-state index in [1.54, 1.807) is 18.5 Å². The largest absolute Gasteiger partial charge is 0.378 e. The second-order valence-electron chi connectivity index (χ2n) is 5.86. The summed E-state index contributed by atoms with van der Waals surface area (Å²) in [7, 11) is 0. The normalized spacial score (nSPS) is 17.2. The Hall–Kier alpha value is -2.40. The van der Waals surface area contributed by atoms with Crippen LogP contribution in [0.3, 0.4) is 0 Å². The molecule has 0 atom stereocenters. The SMILES string of the molecule is O=C(c1cccnc1)N1CCc2cc(N3CCOCC3)ccc21. The van der Waals surface area contributed by atoms with Crippen molar-refractivity contribution >= 4 is 17.3 Å². The van der Waals surface area contributed by atoms with Crippen molar-refractivity contribution in [3.8, 4) is 0 Å². The van der Waals surface area contributed by atoms with Gasteiger partial charge in [0.05, 0.1) is 18.8 Å². The standard InChI is InChI=1S/C18H19N3O2/c22-18(15-2-1-6-19-13-15)21-7-5-14-12-16(3-4-17(14)21)20-8-10-23-11-9-20/h1-4,6,12-13H,5,7-11H2. The van der Waals surface area contributed by atoms with E-state index in [4.69, 9.17) is 4.74 Å². The van der Waals surface area contributed by atoms with Crippen LogP contribution in [0, 0.1) is 0 Å². The molecule has 0 unspecified atom stereocenters. The zero-order chi connectivity index (χ0) is 15.6. The summed E-state index contributed by atoms with van der Waals surface area (Å²) in [5.74, 6) is 0.0240. The molecule has 118 valence electrons. The highest BCUT2D eigenvalue weighted by Gasteiger charge is 2.26. The average molecular weight is 309 g/mol. The molecule has 0 radical (unpaired) electrons. The third-order valence-electron chi connectivity index (χ3n) is 4.49. The highest BCUT2D eigenvalue weighted by molar-refractivity contribution is 6.07. The van der Waals surface area contributed by atoms with Crippen molar-refractivity contribution in [1.82, 2.24) is 4.98 Å². The Morgan fingerprint density at radius 1 is 1.13 bits per heavy atom. The first-order valence-corrected chi connectivity index (χ1v) is 8.00. The first kappa shape index (κ1) is 14.2. The van der Waals surface area contributed by atoms with E-state index < -0.39 is 0 Å². The van der Waals surface area contributed by atoms with Crippen LogP contribution in [-0.4, -0.2) is 43.7 Å². The van der Waals surface area contributed by atoms with Crippen molar-refractivity contribution < 1.29 is 9.53 Å². The van der Waals surface area contributed by atoms with Crippen molar-refractivity contribution in [2.45, 2.75) is 6.42 Å². The molecule has 5 heteroatoms. The van der Waals surface area contributed by atoms with Gasteiger partial charge in [-0.15, -0.1) is 0 Å². The Balaban J connectivity index is 1.59. The summed E-state index contributed by atoms with van der Waals surface area (Å²) in [6.45, 7) is 4.15. The molecule has 1 fully saturated rings. The maximum atomic E-state index is 12.7. The molecule has 2 aromatic rings. The quantitative estimate of drug-likeness (QED) is 0.852. The number of hydrogen-bond acceptors (Lipinski definition) is 4. The van der Waals surface area contributed by atoms with Crippen molar-refractivity contribution in [3.05, 3.63) is 53.9 Å². The summed E-state index contributed by atoms with van der Waals surface area (Å²) in [4.78, 5) is 20.9. The Bertz CT molecular complexity index is 711. The van der Waals surface area contributed by atoms with Crippen LogP contribution in [0.2, 0.25) is 0 Å². The van der Waals surface area contributed by atoms with Crippen LogP contribution in [0.1, 0.15) is 15.9 Å². The van der Waals surface area contributed by atoms with Gasteiger partial charge in [-0.1, -0.05) is 0 Å². The van der Waals surface area contributed by atoms with Gasteiger partial charge in [0, 0.05) is 43.4 Å². The molecule has 1 aromatic heterocycles. The van der Waals surface area contributed by atoms with Crippen LogP contribution in [0.25, 0.3) is 0 Å². The summed E-state index contributed by atoms with van der Waals surface area (Å²) in [5.41, 5.74) is 4.13.